The van der Waals surface area contributed by atoms with Crippen LogP contribution in [0, 0.1) is 20.8 Å². The van der Waals surface area contributed by atoms with Crippen LogP contribution in [0.3, 0.4) is 0 Å². The molecule has 2 N–H and O–H groups in total. The standard InChI is InChI=1S/C20H22N4/c1-14-9-10-15(2)18(11-14)23-19-12-16(3)22-20(24-19)21-13-17-7-5-4-6-8-17/h4-12H,13H2,1-3H3,(H2,21,22,23,24). The molecule has 0 spiro atoms. The molecule has 1 heterocycles. The van der Waals surface area contributed by atoms with Gasteiger partial charge in [0.2, 0.25) is 5.95 Å². The highest BCUT2D eigenvalue weighted by Gasteiger charge is 2.05. The van der Waals surface area contributed by atoms with E-state index in [-0.39, 0.29) is 0 Å². The van der Waals surface area contributed by atoms with Crippen molar-refractivity contribution in [3.8, 4) is 0 Å². The summed E-state index contributed by atoms with van der Waals surface area (Å²) >= 11 is 0. The molecule has 24 heavy (non-hydrogen) atoms. The Kier molecular flexibility index (Phi) is 4.75. The van der Waals surface area contributed by atoms with Crippen molar-refractivity contribution in [3.05, 3.63) is 77.0 Å². The van der Waals surface area contributed by atoms with Crippen LogP contribution in [0.2, 0.25) is 0 Å². The van der Waals surface area contributed by atoms with Crippen molar-refractivity contribution >= 4 is 17.5 Å². The van der Waals surface area contributed by atoms with Crippen molar-refractivity contribution in [2.75, 3.05) is 10.6 Å². The summed E-state index contributed by atoms with van der Waals surface area (Å²) in [7, 11) is 0. The number of nitrogens with zero attached hydrogens (tertiary/aromatic N) is 2. The average Bonchev–Trinajstić information content (AvgIpc) is 2.57. The fourth-order valence-electron chi connectivity index (χ4n) is 2.50. The molecule has 1 aromatic heterocycles. The summed E-state index contributed by atoms with van der Waals surface area (Å²) in [4.78, 5) is 9.05. The molecule has 0 saturated heterocycles. The maximum atomic E-state index is 4.58. The van der Waals surface area contributed by atoms with Crippen molar-refractivity contribution < 1.29 is 0 Å². The normalized spacial score (nSPS) is 10.5. The second-order valence-corrected chi connectivity index (χ2v) is 6.00. The Morgan fingerprint density at radius 1 is 0.875 bits per heavy atom. The molecule has 0 aliphatic carbocycles. The van der Waals surface area contributed by atoms with Crippen molar-refractivity contribution in [2.45, 2.75) is 27.3 Å². The van der Waals surface area contributed by atoms with E-state index in [0.29, 0.717) is 12.5 Å². The van der Waals surface area contributed by atoms with Crippen molar-refractivity contribution in [1.82, 2.24) is 9.97 Å². The molecule has 2 aromatic carbocycles. The van der Waals surface area contributed by atoms with Gasteiger partial charge in [-0.15, -0.1) is 0 Å². The maximum Gasteiger partial charge on any atom is 0.225 e. The summed E-state index contributed by atoms with van der Waals surface area (Å²) in [5.41, 5.74) is 5.61. The van der Waals surface area contributed by atoms with Gasteiger partial charge in [-0.3, -0.25) is 0 Å². The fraction of sp³-hybridized carbons (Fsp3) is 0.200. The van der Waals surface area contributed by atoms with Crippen LogP contribution in [0.5, 0.6) is 0 Å². The Morgan fingerprint density at radius 3 is 2.46 bits per heavy atom. The van der Waals surface area contributed by atoms with Crippen LogP contribution in [0.4, 0.5) is 17.5 Å². The van der Waals surface area contributed by atoms with Gasteiger partial charge >= 0.3 is 0 Å². The van der Waals surface area contributed by atoms with Crippen LogP contribution in [0.15, 0.2) is 54.6 Å². The topological polar surface area (TPSA) is 49.8 Å². The number of nitrogens with one attached hydrogen (secondary N) is 2. The minimum Gasteiger partial charge on any atom is -0.350 e. The number of benzene rings is 2. The SMILES string of the molecule is Cc1ccc(C)c(Nc2cc(C)nc(NCc3ccccc3)n2)c1. The van der Waals surface area contributed by atoms with E-state index in [1.54, 1.807) is 0 Å². The van der Waals surface area contributed by atoms with Crippen LogP contribution >= 0.6 is 0 Å². The highest BCUT2D eigenvalue weighted by Crippen LogP contribution is 2.21. The van der Waals surface area contributed by atoms with Crippen molar-refractivity contribution in [2.24, 2.45) is 0 Å². The van der Waals surface area contributed by atoms with Gasteiger partial charge in [0.1, 0.15) is 5.82 Å². The minimum atomic E-state index is 0.631. The molecule has 4 heteroatoms. The highest BCUT2D eigenvalue weighted by molar-refractivity contribution is 5.62. The minimum absolute atomic E-state index is 0.631. The highest BCUT2D eigenvalue weighted by atomic mass is 15.1. The first-order chi connectivity index (χ1) is 11.6. The molecule has 122 valence electrons. The van der Waals surface area contributed by atoms with E-state index in [1.807, 2.05) is 31.2 Å². The van der Waals surface area contributed by atoms with Gasteiger partial charge in [0.05, 0.1) is 0 Å². The lowest BCUT2D eigenvalue weighted by atomic mass is 10.1. The zero-order chi connectivity index (χ0) is 16.9. The van der Waals surface area contributed by atoms with Crippen LogP contribution in [0.1, 0.15) is 22.4 Å². The van der Waals surface area contributed by atoms with Crippen LogP contribution in [-0.4, -0.2) is 9.97 Å². The number of hydrogen-bond acceptors (Lipinski definition) is 4. The Labute approximate surface area is 143 Å². The van der Waals surface area contributed by atoms with Crippen molar-refractivity contribution in [3.63, 3.8) is 0 Å². The average molecular weight is 318 g/mol. The van der Waals surface area contributed by atoms with E-state index in [4.69, 9.17) is 0 Å². The molecule has 0 aliphatic heterocycles. The third-order valence-electron chi connectivity index (χ3n) is 3.80. The summed E-state index contributed by atoms with van der Waals surface area (Å²) in [6.45, 7) is 6.85. The van der Waals surface area contributed by atoms with Gasteiger partial charge in [-0.25, -0.2) is 4.98 Å². The Balaban J connectivity index is 1.77. The number of aromatic nitrogens is 2. The fourth-order valence-corrected chi connectivity index (χ4v) is 2.50. The van der Waals surface area contributed by atoms with Crippen LogP contribution < -0.4 is 10.6 Å². The van der Waals surface area contributed by atoms with Gasteiger partial charge in [0.25, 0.3) is 0 Å². The number of anilines is 3. The van der Waals surface area contributed by atoms with Gasteiger partial charge in [-0.1, -0.05) is 42.5 Å². The number of rotatable bonds is 5. The lowest BCUT2D eigenvalue weighted by Gasteiger charge is -2.12. The molecule has 4 nitrogen and oxygen atoms in total. The molecule has 0 atom stereocenters. The predicted molar refractivity (Wildman–Crippen MR) is 99.7 cm³/mol. The first-order valence-corrected chi connectivity index (χ1v) is 8.08. The van der Waals surface area contributed by atoms with Crippen molar-refractivity contribution in [1.29, 1.82) is 0 Å². The molecular weight excluding hydrogens is 296 g/mol. The summed E-state index contributed by atoms with van der Waals surface area (Å²) < 4.78 is 0. The second-order valence-electron chi connectivity index (χ2n) is 6.00. The van der Waals surface area contributed by atoms with E-state index in [2.05, 4.69) is 64.8 Å². The first-order valence-electron chi connectivity index (χ1n) is 8.08. The summed E-state index contributed by atoms with van der Waals surface area (Å²) in [6.07, 6.45) is 0. The molecule has 0 amide bonds. The number of hydrogen-bond donors (Lipinski definition) is 2. The summed E-state index contributed by atoms with van der Waals surface area (Å²) in [5, 5.41) is 6.69. The van der Waals surface area contributed by atoms with Gasteiger partial charge in [-0.05, 0) is 43.5 Å². The second kappa shape index (κ2) is 7.13. The summed E-state index contributed by atoms with van der Waals surface area (Å²) in [6, 6.07) is 18.5. The third kappa shape index (κ3) is 4.10. The van der Waals surface area contributed by atoms with Gasteiger partial charge in [0, 0.05) is 24.0 Å². The monoisotopic (exact) mass is 318 g/mol. The van der Waals surface area contributed by atoms with Crippen LogP contribution in [0.25, 0.3) is 0 Å². The Morgan fingerprint density at radius 2 is 1.67 bits per heavy atom. The third-order valence-corrected chi connectivity index (χ3v) is 3.80. The lowest BCUT2D eigenvalue weighted by Crippen LogP contribution is -2.06. The van der Waals surface area contributed by atoms with E-state index in [9.17, 15) is 0 Å². The van der Waals surface area contributed by atoms with Gasteiger partial charge < -0.3 is 10.6 Å². The molecule has 0 aliphatic rings. The predicted octanol–water partition coefficient (Wildman–Crippen LogP) is 4.76. The molecule has 0 saturated carbocycles. The quantitative estimate of drug-likeness (QED) is 0.712. The van der Waals surface area contributed by atoms with Gasteiger partial charge in [0.15, 0.2) is 0 Å². The molecule has 0 bridgehead atoms. The smallest absolute Gasteiger partial charge is 0.225 e. The molecule has 3 aromatic rings. The van der Waals surface area contributed by atoms with Crippen LogP contribution in [-0.2, 0) is 6.54 Å². The van der Waals surface area contributed by atoms with Gasteiger partial charge in [-0.2, -0.15) is 4.98 Å². The zero-order valence-corrected chi connectivity index (χ0v) is 14.3. The Hall–Kier alpha value is -2.88. The molecule has 0 unspecified atom stereocenters. The largest absolute Gasteiger partial charge is 0.350 e. The molecule has 3 rings (SSSR count). The lowest BCUT2D eigenvalue weighted by molar-refractivity contribution is 1.03. The zero-order valence-electron chi connectivity index (χ0n) is 14.3. The molecule has 0 fully saturated rings. The van der Waals surface area contributed by atoms with E-state index < -0.39 is 0 Å². The first kappa shape index (κ1) is 16.0. The Bertz CT molecular complexity index is 828. The van der Waals surface area contributed by atoms with E-state index >= 15 is 0 Å². The van der Waals surface area contributed by atoms with E-state index in [0.717, 1.165) is 17.2 Å². The molecular formula is C20H22N4. The van der Waals surface area contributed by atoms with E-state index in [1.165, 1.54) is 16.7 Å². The number of aryl methyl sites for hydroxylation is 3. The summed E-state index contributed by atoms with van der Waals surface area (Å²) in [5.74, 6) is 1.43. The maximum absolute atomic E-state index is 4.58. The molecule has 0 radical (unpaired) electrons.